The second-order valence-electron chi connectivity index (χ2n) is 3.78. The molecule has 0 N–H and O–H groups in total. The molecule has 18 heavy (non-hydrogen) atoms. The number of carbonyl (C=O) groups is 1. The number of benzene rings is 1. The maximum absolute atomic E-state index is 11.1. The smallest absolute Gasteiger partial charge is 0.333 e. The molecule has 0 aromatic heterocycles. The summed E-state index contributed by atoms with van der Waals surface area (Å²) in [5.41, 5.74) is 1.44. The van der Waals surface area contributed by atoms with E-state index in [9.17, 15) is 4.79 Å². The fourth-order valence-corrected chi connectivity index (χ4v) is 1.27. The third-order valence-corrected chi connectivity index (χ3v) is 2.16. The number of rotatable bonds is 6. The minimum atomic E-state index is -0.369. The first-order chi connectivity index (χ1) is 8.63. The van der Waals surface area contributed by atoms with Crippen molar-refractivity contribution >= 4 is 12.0 Å². The summed E-state index contributed by atoms with van der Waals surface area (Å²) in [5.74, 6) is 0.481. The van der Waals surface area contributed by atoms with Gasteiger partial charge < -0.3 is 9.47 Å². The van der Waals surface area contributed by atoms with Crippen LogP contribution in [0.25, 0.3) is 6.08 Å². The molecule has 0 radical (unpaired) electrons. The number of hydrogen-bond acceptors (Lipinski definition) is 3. The molecule has 1 aromatic carbocycles. The Hall–Kier alpha value is -2.03. The minimum absolute atomic E-state index is 0.249. The van der Waals surface area contributed by atoms with Gasteiger partial charge in [-0.3, -0.25) is 0 Å². The number of esters is 1. The first kappa shape index (κ1) is 14.0. The molecular weight excluding hydrogens is 228 g/mol. The Balaban J connectivity index is 2.42. The van der Waals surface area contributed by atoms with Crippen molar-refractivity contribution in [3.8, 4) is 5.75 Å². The maximum atomic E-state index is 11.1. The Morgan fingerprint density at radius 1 is 1.33 bits per heavy atom. The first-order valence-corrected chi connectivity index (χ1v) is 5.85. The lowest BCUT2D eigenvalue weighted by molar-refractivity contribution is -0.137. The van der Waals surface area contributed by atoms with Crippen LogP contribution in [-0.2, 0) is 9.53 Å². The molecule has 0 unspecified atom stereocenters. The van der Waals surface area contributed by atoms with Crippen LogP contribution in [0.4, 0.5) is 0 Å². The van der Waals surface area contributed by atoms with Crippen molar-refractivity contribution in [2.24, 2.45) is 0 Å². The van der Waals surface area contributed by atoms with Gasteiger partial charge in [-0.15, -0.1) is 0 Å². The summed E-state index contributed by atoms with van der Waals surface area (Å²) in [5, 5.41) is 0. The van der Waals surface area contributed by atoms with Gasteiger partial charge in [0.05, 0.1) is 6.61 Å². The lowest BCUT2D eigenvalue weighted by Gasteiger charge is -2.02. The molecule has 3 nitrogen and oxygen atoms in total. The van der Waals surface area contributed by atoms with Crippen molar-refractivity contribution in [1.82, 2.24) is 0 Å². The second kappa shape index (κ2) is 7.33. The van der Waals surface area contributed by atoms with Gasteiger partial charge >= 0.3 is 5.97 Å². The third kappa shape index (κ3) is 4.87. The van der Waals surface area contributed by atoms with Gasteiger partial charge in [0.15, 0.2) is 0 Å². The summed E-state index contributed by atoms with van der Waals surface area (Å²) in [4.78, 5) is 11.1. The summed E-state index contributed by atoms with van der Waals surface area (Å²) in [7, 11) is 0. The Labute approximate surface area is 108 Å². The molecule has 0 bridgehead atoms. The van der Waals surface area contributed by atoms with Gasteiger partial charge in [0, 0.05) is 5.57 Å². The molecule has 0 saturated carbocycles. The van der Waals surface area contributed by atoms with Gasteiger partial charge in [-0.05, 0) is 37.6 Å². The third-order valence-electron chi connectivity index (χ3n) is 2.16. The summed E-state index contributed by atoms with van der Waals surface area (Å²) in [6.45, 7) is 7.99. The molecular formula is C15H18O3. The van der Waals surface area contributed by atoms with Crippen LogP contribution >= 0.6 is 0 Å². The highest BCUT2D eigenvalue weighted by Crippen LogP contribution is 2.12. The molecule has 0 aliphatic rings. The van der Waals surface area contributed by atoms with Crippen LogP contribution in [0.1, 0.15) is 19.4 Å². The zero-order chi connectivity index (χ0) is 13.4. The van der Waals surface area contributed by atoms with E-state index in [1.807, 2.05) is 37.3 Å². The summed E-state index contributed by atoms with van der Waals surface area (Å²) < 4.78 is 10.3. The van der Waals surface area contributed by atoms with E-state index in [2.05, 4.69) is 6.58 Å². The van der Waals surface area contributed by atoms with Gasteiger partial charge in [-0.25, -0.2) is 4.79 Å². The lowest BCUT2D eigenvalue weighted by atomic mass is 10.2. The van der Waals surface area contributed by atoms with Gasteiger partial charge in [-0.2, -0.15) is 0 Å². The predicted octanol–water partition coefficient (Wildman–Crippen LogP) is 3.22. The molecule has 0 aliphatic heterocycles. The fraction of sp³-hybridized carbons (Fsp3) is 0.267. The highest BCUT2D eigenvalue weighted by molar-refractivity contribution is 5.87. The van der Waals surface area contributed by atoms with Crippen LogP contribution in [0, 0.1) is 0 Å². The van der Waals surface area contributed by atoms with E-state index >= 15 is 0 Å². The summed E-state index contributed by atoms with van der Waals surface area (Å²) in [6, 6.07) is 7.70. The van der Waals surface area contributed by atoms with E-state index in [-0.39, 0.29) is 12.6 Å². The molecule has 1 aromatic rings. The van der Waals surface area contributed by atoms with E-state index in [1.54, 1.807) is 13.0 Å². The lowest BCUT2D eigenvalue weighted by Crippen LogP contribution is -2.04. The van der Waals surface area contributed by atoms with Crippen molar-refractivity contribution in [2.75, 3.05) is 13.2 Å². The summed E-state index contributed by atoms with van der Waals surface area (Å²) >= 11 is 0. The van der Waals surface area contributed by atoms with Crippen molar-refractivity contribution in [3.05, 3.63) is 48.1 Å². The Bertz CT molecular complexity index is 430. The second-order valence-corrected chi connectivity index (χ2v) is 3.78. The first-order valence-electron chi connectivity index (χ1n) is 5.85. The molecule has 0 amide bonds. The molecule has 0 saturated heterocycles. The van der Waals surface area contributed by atoms with Crippen molar-refractivity contribution in [2.45, 2.75) is 13.8 Å². The van der Waals surface area contributed by atoms with Crippen LogP contribution < -0.4 is 4.74 Å². The van der Waals surface area contributed by atoms with Crippen LogP contribution in [0.5, 0.6) is 5.75 Å². The maximum Gasteiger partial charge on any atom is 0.333 e. The molecule has 1 rings (SSSR count). The molecule has 0 atom stereocenters. The van der Waals surface area contributed by atoms with E-state index in [0.717, 1.165) is 11.3 Å². The summed E-state index contributed by atoms with van der Waals surface area (Å²) in [6.07, 6.45) is 3.68. The Kier molecular flexibility index (Phi) is 5.71. The molecule has 0 spiro atoms. The largest absolute Gasteiger partial charge is 0.494 e. The van der Waals surface area contributed by atoms with E-state index < -0.39 is 0 Å². The number of hydrogen-bond donors (Lipinski definition) is 0. The predicted molar refractivity (Wildman–Crippen MR) is 72.4 cm³/mol. The van der Waals surface area contributed by atoms with Gasteiger partial charge in [-0.1, -0.05) is 24.8 Å². The van der Waals surface area contributed by atoms with Crippen molar-refractivity contribution in [3.63, 3.8) is 0 Å². The van der Waals surface area contributed by atoms with E-state index in [1.165, 1.54) is 0 Å². The van der Waals surface area contributed by atoms with Crippen LogP contribution in [0.2, 0.25) is 0 Å². The zero-order valence-electron chi connectivity index (χ0n) is 10.8. The normalized spacial score (nSPS) is 10.3. The molecule has 96 valence electrons. The van der Waals surface area contributed by atoms with E-state index in [4.69, 9.17) is 9.47 Å². The fourth-order valence-electron chi connectivity index (χ4n) is 1.27. The monoisotopic (exact) mass is 246 g/mol. The Morgan fingerprint density at radius 2 is 2.00 bits per heavy atom. The van der Waals surface area contributed by atoms with Crippen LogP contribution in [-0.4, -0.2) is 19.2 Å². The average molecular weight is 246 g/mol. The quantitative estimate of drug-likeness (QED) is 0.571. The molecule has 0 fully saturated rings. The highest BCUT2D eigenvalue weighted by Gasteiger charge is 1.99. The molecule has 0 heterocycles. The van der Waals surface area contributed by atoms with Gasteiger partial charge in [0.1, 0.15) is 12.4 Å². The van der Waals surface area contributed by atoms with Crippen molar-refractivity contribution < 1.29 is 14.3 Å². The SMILES string of the molecule is C=C(C)C(=O)OC/C=C/c1ccc(OCC)cc1. The topological polar surface area (TPSA) is 35.5 Å². The average Bonchev–Trinajstić information content (AvgIpc) is 2.36. The van der Waals surface area contributed by atoms with Crippen molar-refractivity contribution in [1.29, 1.82) is 0 Å². The van der Waals surface area contributed by atoms with Gasteiger partial charge in [0.25, 0.3) is 0 Å². The zero-order valence-corrected chi connectivity index (χ0v) is 10.8. The van der Waals surface area contributed by atoms with E-state index in [0.29, 0.717) is 12.2 Å². The number of carbonyl (C=O) groups excluding carboxylic acids is 1. The standard InChI is InChI=1S/C15H18O3/c1-4-17-14-9-7-13(8-10-14)6-5-11-18-15(16)12(2)3/h5-10H,2,4,11H2,1,3H3/b6-5+. The molecule has 0 aliphatic carbocycles. The number of ether oxygens (including phenoxy) is 2. The highest BCUT2D eigenvalue weighted by atomic mass is 16.5. The van der Waals surface area contributed by atoms with Gasteiger partial charge in [0.2, 0.25) is 0 Å². The minimum Gasteiger partial charge on any atom is -0.494 e. The Morgan fingerprint density at radius 3 is 2.56 bits per heavy atom. The van der Waals surface area contributed by atoms with Crippen LogP contribution in [0.15, 0.2) is 42.5 Å². The molecule has 3 heteroatoms. The van der Waals surface area contributed by atoms with Crippen LogP contribution in [0.3, 0.4) is 0 Å².